The van der Waals surface area contributed by atoms with Crippen LogP contribution in [0.4, 0.5) is 4.79 Å². The van der Waals surface area contributed by atoms with Crippen LogP contribution < -0.4 is 20.1 Å². The number of carbonyl (C=O) groups is 1. The van der Waals surface area contributed by atoms with Crippen molar-refractivity contribution in [2.75, 3.05) is 33.9 Å². The molecule has 2 rings (SSSR count). The Bertz CT molecular complexity index is 555. The van der Waals surface area contributed by atoms with Crippen LogP contribution in [-0.2, 0) is 6.54 Å². The molecule has 25 heavy (non-hydrogen) atoms. The molecule has 0 atom stereocenters. The molecule has 1 aliphatic heterocycles. The molecule has 1 fully saturated rings. The average molecular weight is 349 g/mol. The van der Waals surface area contributed by atoms with Gasteiger partial charge in [0.2, 0.25) is 0 Å². The molecule has 2 amide bonds. The molecule has 6 nitrogen and oxygen atoms in total. The maximum absolute atomic E-state index is 12.1. The van der Waals surface area contributed by atoms with Gasteiger partial charge in [-0.25, -0.2) is 4.79 Å². The second-order valence-electron chi connectivity index (χ2n) is 6.99. The van der Waals surface area contributed by atoms with Crippen molar-refractivity contribution in [2.24, 2.45) is 5.92 Å². The van der Waals surface area contributed by atoms with Crippen LogP contribution in [0.3, 0.4) is 0 Å². The fourth-order valence-electron chi connectivity index (χ4n) is 3.19. The lowest BCUT2D eigenvalue weighted by Crippen LogP contribution is -2.48. The number of hydrogen-bond donors (Lipinski definition) is 2. The third-order valence-corrected chi connectivity index (χ3v) is 4.45. The Morgan fingerprint density at radius 2 is 1.88 bits per heavy atom. The van der Waals surface area contributed by atoms with Gasteiger partial charge in [0.25, 0.3) is 0 Å². The second kappa shape index (κ2) is 9.51. The predicted octanol–water partition coefficient (Wildman–Crippen LogP) is 2.62. The number of urea groups is 1. The molecule has 0 radical (unpaired) electrons. The Kier molecular flexibility index (Phi) is 7.37. The fraction of sp³-hybridized carbons (Fsp3) is 0.632. The monoisotopic (exact) mass is 349 g/mol. The highest BCUT2D eigenvalue weighted by molar-refractivity contribution is 5.74. The van der Waals surface area contributed by atoms with E-state index in [1.807, 2.05) is 18.2 Å². The first-order valence-corrected chi connectivity index (χ1v) is 8.99. The molecule has 0 unspecified atom stereocenters. The number of amides is 2. The topological polar surface area (TPSA) is 62.8 Å². The van der Waals surface area contributed by atoms with Crippen LogP contribution in [0.5, 0.6) is 11.5 Å². The third kappa shape index (κ3) is 6.12. The van der Waals surface area contributed by atoms with Crippen LogP contribution >= 0.6 is 0 Å². The molecular weight excluding hydrogens is 318 g/mol. The lowest BCUT2D eigenvalue weighted by atomic mass is 10.0. The first-order valence-electron chi connectivity index (χ1n) is 8.99. The van der Waals surface area contributed by atoms with Crippen LogP contribution in [0.2, 0.25) is 0 Å². The maximum Gasteiger partial charge on any atom is 0.315 e. The number of methoxy groups -OCH3 is 2. The van der Waals surface area contributed by atoms with Gasteiger partial charge in [-0.05, 0) is 36.5 Å². The molecule has 6 heteroatoms. The van der Waals surface area contributed by atoms with Gasteiger partial charge in [-0.3, -0.25) is 0 Å². The zero-order valence-electron chi connectivity index (χ0n) is 15.8. The summed E-state index contributed by atoms with van der Waals surface area (Å²) in [7, 11) is 3.21. The summed E-state index contributed by atoms with van der Waals surface area (Å²) < 4.78 is 10.5. The summed E-state index contributed by atoms with van der Waals surface area (Å²) in [4.78, 5) is 14.6. The van der Waals surface area contributed by atoms with Gasteiger partial charge in [0.05, 0.1) is 14.2 Å². The van der Waals surface area contributed by atoms with E-state index >= 15 is 0 Å². The minimum absolute atomic E-state index is 0.114. The number of carbonyl (C=O) groups excluding carboxylic acids is 1. The number of rotatable bonds is 7. The number of hydrogen-bond acceptors (Lipinski definition) is 4. The number of likely N-dealkylation sites (tertiary alicyclic amines) is 1. The summed E-state index contributed by atoms with van der Waals surface area (Å²) in [5.74, 6) is 2.04. The Morgan fingerprint density at radius 1 is 1.20 bits per heavy atom. The SMILES string of the molecule is COc1ccc(CNC(=O)NC2CCN(CC(C)C)CC2)cc1OC. The zero-order valence-corrected chi connectivity index (χ0v) is 15.8. The Morgan fingerprint density at radius 3 is 2.48 bits per heavy atom. The van der Waals surface area contributed by atoms with Crippen molar-refractivity contribution in [3.8, 4) is 11.5 Å². The van der Waals surface area contributed by atoms with Crippen LogP contribution in [0, 0.1) is 5.92 Å². The number of nitrogens with zero attached hydrogens (tertiary/aromatic N) is 1. The van der Waals surface area contributed by atoms with Crippen LogP contribution in [-0.4, -0.2) is 50.8 Å². The predicted molar refractivity (Wildman–Crippen MR) is 99.2 cm³/mol. The molecule has 2 N–H and O–H groups in total. The first-order chi connectivity index (χ1) is 12.0. The largest absolute Gasteiger partial charge is 0.493 e. The summed E-state index contributed by atoms with van der Waals surface area (Å²) >= 11 is 0. The minimum Gasteiger partial charge on any atom is -0.493 e. The van der Waals surface area contributed by atoms with Gasteiger partial charge in [-0.15, -0.1) is 0 Å². The van der Waals surface area contributed by atoms with E-state index in [4.69, 9.17) is 9.47 Å². The van der Waals surface area contributed by atoms with E-state index < -0.39 is 0 Å². The van der Waals surface area contributed by atoms with Crippen molar-refractivity contribution in [1.29, 1.82) is 0 Å². The van der Waals surface area contributed by atoms with E-state index in [0.717, 1.165) is 38.0 Å². The van der Waals surface area contributed by atoms with E-state index in [1.165, 1.54) is 0 Å². The summed E-state index contributed by atoms with van der Waals surface area (Å²) in [6.07, 6.45) is 2.02. The molecule has 0 bridgehead atoms. The molecule has 0 spiro atoms. The van der Waals surface area contributed by atoms with Gasteiger partial charge in [-0.2, -0.15) is 0 Å². The molecular formula is C19H31N3O3. The van der Waals surface area contributed by atoms with Crippen molar-refractivity contribution in [1.82, 2.24) is 15.5 Å². The normalized spacial score (nSPS) is 15.9. The van der Waals surface area contributed by atoms with Gasteiger partial charge in [0, 0.05) is 32.2 Å². The Balaban J connectivity index is 1.74. The Hall–Kier alpha value is -1.95. The number of ether oxygens (including phenoxy) is 2. The van der Waals surface area contributed by atoms with E-state index in [9.17, 15) is 4.79 Å². The Labute approximate surface area is 150 Å². The summed E-state index contributed by atoms with van der Waals surface area (Å²) in [6.45, 7) is 8.19. The summed E-state index contributed by atoms with van der Waals surface area (Å²) in [5.41, 5.74) is 0.972. The highest BCUT2D eigenvalue weighted by atomic mass is 16.5. The molecule has 140 valence electrons. The standard InChI is InChI=1S/C19H31N3O3/c1-14(2)13-22-9-7-16(8-10-22)21-19(23)20-12-15-5-6-17(24-3)18(11-15)25-4/h5-6,11,14,16H,7-10,12-13H2,1-4H3,(H2,20,21,23). The van der Waals surface area contributed by atoms with Crippen molar-refractivity contribution >= 4 is 6.03 Å². The average Bonchev–Trinajstić information content (AvgIpc) is 2.61. The van der Waals surface area contributed by atoms with E-state index in [1.54, 1.807) is 14.2 Å². The highest BCUT2D eigenvalue weighted by Crippen LogP contribution is 2.27. The van der Waals surface area contributed by atoms with E-state index in [0.29, 0.717) is 24.0 Å². The lowest BCUT2D eigenvalue weighted by molar-refractivity contribution is 0.178. The van der Waals surface area contributed by atoms with E-state index in [2.05, 4.69) is 29.4 Å². The molecule has 0 aliphatic carbocycles. The molecule has 1 aromatic rings. The molecule has 1 aliphatic rings. The maximum atomic E-state index is 12.1. The molecule has 1 heterocycles. The van der Waals surface area contributed by atoms with Gasteiger partial charge in [-0.1, -0.05) is 19.9 Å². The second-order valence-corrected chi connectivity index (χ2v) is 6.99. The van der Waals surface area contributed by atoms with Gasteiger partial charge < -0.3 is 25.0 Å². The van der Waals surface area contributed by atoms with Gasteiger partial charge >= 0.3 is 6.03 Å². The fourth-order valence-corrected chi connectivity index (χ4v) is 3.19. The lowest BCUT2D eigenvalue weighted by Gasteiger charge is -2.33. The number of benzene rings is 1. The number of nitrogens with one attached hydrogen (secondary N) is 2. The molecule has 1 saturated heterocycles. The van der Waals surface area contributed by atoms with E-state index in [-0.39, 0.29) is 12.1 Å². The van der Waals surface area contributed by atoms with Gasteiger partial charge in [0.1, 0.15) is 0 Å². The van der Waals surface area contributed by atoms with Gasteiger partial charge in [0.15, 0.2) is 11.5 Å². The number of piperidine rings is 1. The van der Waals surface area contributed by atoms with Crippen molar-refractivity contribution in [3.63, 3.8) is 0 Å². The first kappa shape index (κ1) is 19.4. The summed E-state index contributed by atoms with van der Waals surface area (Å²) in [6, 6.07) is 5.79. The van der Waals surface area contributed by atoms with Crippen molar-refractivity contribution in [2.45, 2.75) is 39.3 Å². The van der Waals surface area contributed by atoms with Crippen molar-refractivity contribution < 1.29 is 14.3 Å². The van der Waals surface area contributed by atoms with Crippen LogP contribution in [0.25, 0.3) is 0 Å². The smallest absolute Gasteiger partial charge is 0.315 e. The third-order valence-electron chi connectivity index (χ3n) is 4.45. The summed E-state index contributed by atoms with van der Waals surface area (Å²) in [5, 5.41) is 6.00. The van der Waals surface area contributed by atoms with Crippen molar-refractivity contribution in [3.05, 3.63) is 23.8 Å². The molecule has 1 aromatic carbocycles. The minimum atomic E-state index is -0.114. The molecule has 0 saturated carbocycles. The van der Waals surface area contributed by atoms with Crippen LogP contribution in [0.15, 0.2) is 18.2 Å². The molecule has 0 aromatic heterocycles. The zero-order chi connectivity index (χ0) is 18.2. The van der Waals surface area contributed by atoms with Crippen LogP contribution in [0.1, 0.15) is 32.3 Å². The quantitative estimate of drug-likeness (QED) is 0.794. The highest BCUT2D eigenvalue weighted by Gasteiger charge is 2.20.